The Bertz CT molecular complexity index is 707. The summed E-state index contributed by atoms with van der Waals surface area (Å²) < 4.78 is 0. The van der Waals surface area contributed by atoms with Crippen molar-refractivity contribution in [3.8, 4) is 0 Å². The van der Waals surface area contributed by atoms with Crippen LogP contribution in [0.1, 0.15) is 24.0 Å². The van der Waals surface area contributed by atoms with Gasteiger partial charge in [-0.15, -0.1) is 0 Å². The Morgan fingerprint density at radius 1 is 1.17 bits per heavy atom. The van der Waals surface area contributed by atoms with Crippen molar-refractivity contribution in [2.75, 3.05) is 11.9 Å². The molecule has 0 bridgehead atoms. The molecule has 0 spiro atoms. The topological polar surface area (TPSA) is 41.1 Å². The van der Waals surface area contributed by atoms with E-state index < -0.39 is 0 Å². The molecule has 1 unspecified atom stereocenters. The van der Waals surface area contributed by atoms with Crippen LogP contribution in [0.2, 0.25) is 5.02 Å². The van der Waals surface area contributed by atoms with Crippen LogP contribution in [0.3, 0.4) is 0 Å². The van der Waals surface area contributed by atoms with Gasteiger partial charge in [-0.25, -0.2) is 0 Å². The number of benzene rings is 2. The predicted molar refractivity (Wildman–Crippen MR) is 96.5 cm³/mol. The first-order valence-electron chi connectivity index (χ1n) is 7.79. The Labute approximate surface area is 141 Å². The second-order valence-corrected chi connectivity index (χ2v) is 6.03. The maximum absolute atomic E-state index is 12.1. The zero-order chi connectivity index (χ0) is 16.1. The van der Waals surface area contributed by atoms with E-state index in [1.165, 1.54) is 0 Å². The van der Waals surface area contributed by atoms with Crippen LogP contribution in [0.4, 0.5) is 5.69 Å². The molecule has 118 valence electrons. The molecule has 4 heteroatoms. The molecule has 2 N–H and O–H groups in total. The van der Waals surface area contributed by atoms with Gasteiger partial charge in [-0.05, 0) is 42.6 Å². The van der Waals surface area contributed by atoms with Gasteiger partial charge in [-0.1, -0.05) is 60.2 Å². The molecule has 1 aliphatic rings. The van der Waals surface area contributed by atoms with Gasteiger partial charge in [0.05, 0.1) is 6.04 Å². The van der Waals surface area contributed by atoms with Crippen LogP contribution >= 0.6 is 11.6 Å². The Morgan fingerprint density at radius 3 is 2.70 bits per heavy atom. The lowest BCUT2D eigenvalue weighted by Gasteiger charge is -2.11. The monoisotopic (exact) mass is 326 g/mol. The number of hydrogen-bond acceptors (Lipinski definition) is 2. The van der Waals surface area contributed by atoms with E-state index in [2.05, 4.69) is 10.6 Å². The van der Waals surface area contributed by atoms with Gasteiger partial charge in [0.25, 0.3) is 0 Å². The van der Waals surface area contributed by atoms with Crippen LogP contribution in [-0.2, 0) is 4.79 Å². The van der Waals surface area contributed by atoms with Crippen LogP contribution in [-0.4, -0.2) is 18.5 Å². The molecule has 0 saturated carbocycles. The first-order valence-corrected chi connectivity index (χ1v) is 8.17. The maximum Gasteiger partial charge on any atom is 0.241 e. The number of anilines is 1. The fraction of sp³-hybridized carbons (Fsp3) is 0.211. The molecule has 3 rings (SSSR count). The van der Waals surface area contributed by atoms with E-state index in [9.17, 15) is 4.79 Å². The van der Waals surface area contributed by atoms with Crippen molar-refractivity contribution in [2.24, 2.45) is 0 Å². The quantitative estimate of drug-likeness (QED) is 0.827. The van der Waals surface area contributed by atoms with Crippen LogP contribution in [0.25, 0.3) is 12.2 Å². The SMILES string of the molecule is O=C(Nc1ccc(/C=C/c2ccccc2)c(Cl)c1)C1CCCN1. The molecule has 1 fully saturated rings. The molecule has 2 aromatic carbocycles. The summed E-state index contributed by atoms with van der Waals surface area (Å²) in [6.45, 7) is 0.905. The smallest absolute Gasteiger partial charge is 0.241 e. The second kappa shape index (κ2) is 7.44. The molecule has 1 atom stereocenters. The lowest BCUT2D eigenvalue weighted by Crippen LogP contribution is -2.35. The Balaban J connectivity index is 1.68. The van der Waals surface area contributed by atoms with E-state index in [0.29, 0.717) is 5.02 Å². The number of amides is 1. The highest BCUT2D eigenvalue weighted by atomic mass is 35.5. The number of nitrogens with one attached hydrogen (secondary N) is 2. The number of carbonyl (C=O) groups excluding carboxylic acids is 1. The number of halogens is 1. The fourth-order valence-corrected chi connectivity index (χ4v) is 2.87. The van der Waals surface area contributed by atoms with Gasteiger partial charge in [-0.2, -0.15) is 0 Å². The van der Waals surface area contributed by atoms with E-state index in [0.717, 1.165) is 36.2 Å². The molecule has 1 saturated heterocycles. The summed E-state index contributed by atoms with van der Waals surface area (Å²) in [6, 6.07) is 15.5. The van der Waals surface area contributed by atoms with Crippen LogP contribution in [0.5, 0.6) is 0 Å². The highest BCUT2D eigenvalue weighted by Gasteiger charge is 2.21. The van der Waals surface area contributed by atoms with Crippen molar-refractivity contribution < 1.29 is 4.79 Å². The molecular formula is C19H19ClN2O. The van der Waals surface area contributed by atoms with E-state index >= 15 is 0 Å². The number of carbonyl (C=O) groups is 1. The van der Waals surface area contributed by atoms with Gasteiger partial charge in [0.1, 0.15) is 0 Å². The summed E-state index contributed by atoms with van der Waals surface area (Å²) in [4.78, 5) is 12.1. The molecular weight excluding hydrogens is 308 g/mol. The van der Waals surface area contributed by atoms with Gasteiger partial charge >= 0.3 is 0 Å². The van der Waals surface area contributed by atoms with Gasteiger partial charge in [0.15, 0.2) is 0 Å². The minimum Gasteiger partial charge on any atom is -0.325 e. The number of rotatable bonds is 4. The fourth-order valence-electron chi connectivity index (χ4n) is 2.63. The zero-order valence-corrected chi connectivity index (χ0v) is 13.5. The summed E-state index contributed by atoms with van der Waals surface area (Å²) in [5.41, 5.74) is 2.77. The summed E-state index contributed by atoms with van der Waals surface area (Å²) in [6.07, 6.45) is 5.92. The third-order valence-corrected chi connectivity index (χ3v) is 4.23. The van der Waals surface area contributed by atoms with Crippen molar-refractivity contribution in [1.29, 1.82) is 0 Å². The lowest BCUT2D eigenvalue weighted by molar-refractivity contribution is -0.117. The van der Waals surface area contributed by atoms with E-state index in [4.69, 9.17) is 11.6 Å². The molecule has 0 aliphatic carbocycles. The molecule has 2 aromatic rings. The second-order valence-electron chi connectivity index (χ2n) is 5.62. The lowest BCUT2D eigenvalue weighted by atomic mass is 10.1. The standard InChI is InChI=1S/C19H19ClN2O/c20-17-13-16(22-19(23)18-7-4-12-21-18)11-10-15(17)9-8-14-5-2-1-3-6-14/h1-3,5-6,8-11,13,18,21H,4,7,12H2,(H,22,23)/b9-8+. The van der Waals surface area contributed by atoms with Gasteiger partial charge in [-0.3, -0.25) is 4.79 Å². The average Bonchev–Trinajstić information content (AvgIpc) is 3.10. The Kier molecular flexibility index (Phi) is 5.11. The summed E-state index contributed by atoms with van der Waals surface area (Å²) in [5, 5.41) is 6.72. The highest BCUT2D eigenvalue weighted by molar-refractivity contribution is 6.32. The van der Waals surface area contributed by atoms with E-state index in [1.807, 2.05) is 54.6 Å². The van der Waals surface area contributed by atoms with Crippen LogP contribution in [0, 0.1) is 0 Å². The minimum absolute atomic E-state index is 0.00569. The van der Waals surface area contributed by atoms with E-state index in [1.54, 1.807) is 6.07 Å². The predicted octanol–water partition coefficient (Wildman–Crippen LogP) is 4.20. The van der Waals surface area contributed by atoms with Gasteiger partial charge in [0.2, 0.25) is 5.91 Å². The molecule has 3 nitrogen and oxygen atoms in total. The molecule has 1 amide bonds. The highest BCUT2D eigenvalue weighted by Crippen LogP contribution is 2.23. The molecule has 0 radical (unpaired) electrons. The van der Waals surface area contributed by atoms with E-state index in [-0.39, 0.29) is 11.9 Å². The summed E-state index contributed by atoms with van der Waals surface area (Å²) in [5.74, 6) is 0.00569. The Morgan fingerprint density at radius 2 is 2.00 bits per heavy atom. The summed E-state index contributed by atoms with van der Waals surface area (Å²) in [7, 11) is 0. The van der Waals surface area contributed by atoms with Crippen LogP contribution < -0.4 is 10.6 Å². The van der Waals surface area contributed by atoms with Crippen molar-refractivity contribution >= 4 is 35.3 Å². The molecule has 1 aliphatic heterocycles. The molecule has 0 aromatic heterocycles. The van der Waals surface area contributed by atoms with Crippen molar-refractivity contribution in [3.05, 3.63) is 64.7 Å². The summed E-state index contributed by atoms with van der Waals surface area (Å²) >= 11 is 6.32. The Hall–Kier alpha value is -2.10. The normalized spacial score (nSPS) is 17.5. The van der Waals surface area contributed by atoms with Crippen LogP contribution in [0.15, 0.2) is 48.5 Å². The first kappa shape index (κ1) is 15.8. The molecule has 23 heavy (non-hydrogen) atoms. The average molecular weight is 327 g/mol. The third kappa shape index (κ3) is 4.21. The van der Waals surface area contributed by atoms with Crippen molar-refractivity contribution in [3.63, 3.8) is 0 Å². The third-order valence-electron chi connectivity index (χ3n) is 3.90. The minimum atomic E-state index is -0.0913. The van der Waals surface area contributed by atoms with Gasteiger partial charge in [0, 0.05) is 10.7 Å². The maximum atomic E-state index is 12.1. The van der Waals surface area contributed by atoms with Gasteiger partial charge < -0.3 is 10.6 Å². The van der Waals surface area contributed by atoms with Crippen molar-refractivity contribution in [1.82, 2.24) is 5.32 Å². The number of hydrogen-bond donors (Lipinski definition) is 2. The van der Waals surface area contributed by atoms with Crippen molar-refractivity contribution in [2.45, 2.75) is 18.9 Å². The molecule has 1 heterocycles. The zero-order valence-electron chi connectivity index (χ0n) is 12.8. The first-order chi connectivity index (χ1) is 11.2. The largest absolute Gasteiger partial charge is 0.325 e.